The molecule has 6 nitrogen and oxygen atoms in total. The van der Waals surface area contributed by atoms with Crippen molar-refractivity contribution in [3.63, 3.8) is 0 Å². The summed E-state index contributed by atoms with van der Waals surface area (Å²) in [6.45, 7) is 4.15. The molecule has 1 saturated carbocycles. The van der Waals surface area contributed by atoms with Gasteiger partial charge in [0.05, 0.1) is 19.6 Å². The number of piperidine rings is 1. The van der Waals surface area contributed by atoms with Crippen molar-refractivity contribution in [3.8, 4) is 0 Å². The van der Waals surface area contributed by atoms with Crippen LogP contribution in [0.15, 0.2) is 11.1 Å². The Morgan fingerprint density at radius 3 is 2.83 bits per heavy atom. The first-order valence-corrected chi connectivity index (χ1v) is 11.2. The van der Waals surface area contributed by atoms with Crippen LogP contribution in [0.1, 0.15) is 51.9 Å². The van der Waals surface area contributed by atoms with Gasteiger partial charge in [0.2, 0.25) is 0 Å². The number of methoxy groups -OCH3 is 1. The first-order chi connectivity index (χ1) is 13.8. The molecule has 6 atom stereocenters. The van der Waals surface area contributed by atoms with Crippen LogP contribution in [-0.2, 0) is 19.1 Å². The van der Waals surface area contributed by atoms with Crippen molar-refractivity contribution >= 4 is 11.8 Å². The standard InChI is InChI=1S/C23H33NO5/c1-4-23(27)8-7-21(13-29-23)14-9-18(25)16-6-5-15-17(20(26)28-3)10-22(21,19(15)16)12-24(2)11-14/h14-15,17,27H,4-13H2,1-3H3/t14-,15+,17-,21-,22-,23-/m0/s1. The van der Waals surface area contributed by atoms with Gasteiger partial charge in [-0.2, -0.15) is 0 Å². The first-order valence-electron chi connectivity index (χ1n) is 11.2. The molecule has 29 heavy (non-hydrogen) atoms. The van der Waals surface area contributed by atoms with Gasteiger partial charge in [-0.25, -0.2) is 0 Å². The number of carbonyl (C=O) groups is 2. The Hall–Kier alpha value is -1.24. The molecule has 3 fully saturated rings. The van der Waals surface area contributed by atoms with Crippen LogP contribution in [0, 0.1) is 28.6 Å². The van der Waals surface area contributed by atoms with Crippen molar-refractivity contribution in [2.75, 3.05) is 33.9 Å². The van der Waals surface area contributed by atoms with E-state index in [-0.39, 0.29) is 40.3 Å². The van der Waals surface area contributed by atoms with Gasteiger partial charge in [-0.05, 0) is 56.6 Å². The maximum Gasteiger partial charge on any atom is 0.309 e. The number of aliphatic hydroxyl groups is 1. The van der Waals surface area contributed by atoms with Crippen molar-refractivity contribution in [3.05, 3.63) is 11.1 Å². The van der Waals surface area contributed by atoms with Gasteiger partial charge in [-0.15, -0.1) is 0 Å². The summed E-state index contributed by atoms with van der Waals surface area (Å²) in [6, 6.07) is 0. The molecule has 5 aliphatic rings. The first kappa shape index (κ1) is 19.7. The summed E-state index contributed by atoms with van der Waals surface area (Å²) in [7, 11) is 3.61. The molecule has 3 aliphatic carbocycles. The Morgan fingerprint density at radius 2 is 2.17 bits per heavy atom. The summed E-state index contributed by atoms with van der Waals surface area (Å²) >= 11 is 0. The minimum atomic E-state index is -1.06. The predicted octanol–water partition coefficient (Wildman–Crippen LogP) is 2.30. The molecule has 0 aromatic rings. The lowest BCUT2D eigenvalue weighted by Crippen LogP contribution is -2.64. The van der Waals surface area contributed by atoms with E-state index in [0.29, 0.717) is 25.9 Å². The molecule has 6 heteroatoms. The molecule has 2 heterocycles. The molecule has 0 aromatic heterocycles. The Balaban J connectivity index is 1.68. The quantitative estimate of drug-likeness (QED) is 0.713. The number of Topliss-reactive ketones (excluding diaryl/α,β-unsaturated/α-hetero) is 1. The number of esters is 1. The van der Waals surface area contributed by atoms with Crippen LogP contribution in [0.3, 0.4) is 0 Å². The summed E-state index contributed by atoms with van der Waals surface area (Å²) in [6.07, 6.45) is 4.99. The SMILES string of the molecule is CC[C@@]1(O)CC[C@]2(CO1)[C@H]1CC(=O)C3=C4[C@H](CC3)[C@@H](C(=O)OC)C[C@]42CN(C)C1. The van der Waals surface area contributed by atoms with E-state index in [2.05, 4.69) is 11.9 Å². The van der Waals surface area contributed by atoms with Crippen LogP contribution in [0.2, 0.25) is 0 Å². The molecule has 2 aliphatic heterocycles. The second-order valence-corrected chi connectivity index (χ2v) is 10.2. The predicted molar refractivity (Wildman–Crippen MR) is 106 cm³/mol. The number of allylic oxidation sites excluding steroid dienone is 1. The summed E-state index contributed by atoms with van der Waals surface area (Å²) < 4.78 is 11.4. The van der Waals surface area contributed by atoms with Crippen LogP contribution in [-0.4, -0.2) is 61.4 Å². The summed E-state index contributed by atoms with van der Waals surface area (Å²) in [5, 5.41) is 10.8. The number of ether oxygens (including phenoxy) is 2. The molecule has 160 valence electrons. The number of hydrogen-bond acceptors (Lipinski definition) is 6. The van der Waals surface area contributed by atoms with Gasteiger partial charge in [0, 0.05) is 36.8 Å². The fourth-order valence-electron chi connectivity index (χ4n) is 7.82. The zero-order valence-corrected chi connectivity index (χ0v) is 17.8. The van der Waals surface area contributed by atoms with Gasteiger partial charge in [0.1, 0.15) is 0 Å². The molecule has 0 radical (unpaired) electrons. The zero-order chi connectivity index (χ0) is 20.6. The molecule has 2 bridgehead atoms. The topological polar surface area (TPSA) is 76.1 Å². The van der Waals surface area contributed by atoms with E-state index in [1.165, 1.54) is 12.7 Å². The molecule has 0 amide bonds. The van der Waals surface area contributed by atoms with Crippen LogP contribution in [0.4, 0.5) is 0 Å². The molecule has 0 aromatic carbocycles. The highest BCUT2D eigenvalue weighted by Gasteiger charge is 2.70. The van der Waals surface area contributed by atoms with Crippen LogP contribution in [0.25, 0.3) is 0 Å². The Labute approximate surface area is 172 Å². The van der Waals surface area contributed by atoms with Crippen LogP contribution >= 0.6 is 0 Å². The normalized spacial score (nSPS) is 46.8. The van der Waals surface area contributed by atoms with E-state index in [1.807, 2.05) is 6.92 Å². The van der Waals surface area contributed by atoms with Crippen LogP contribution < -0.4 is 0 Å². The molecule has 5 rings (SSSR count). The highest BCUT2D eigenvalue weighted by Crippen LogP contribution is 2.71. The molecule has 1 N–H and O–H groups in total. The third kappa shape index (κ3) is 2.45. The van der Waals surface area contributed by atoms with Gasteiger partial charge >= 0.3 is 5.97 Å². The van der Waals surface area contributed by atoms with E-state index < -0.39 is 5.79 Å². The monoisotopic (exact) mass is 403 g/mol. The summed E-state index contributed by atoms with van der Waals surface area (Å²) in [5.74, 6) is -0.778. The average molecular weight is 404 g/mol. The Morgan fingerprint density at radius 1 is 1.38 bits per heavy atom. The van der Waals surface area contributed by atoms with E-state index in [4.69, 9.17) is 9.47 Å². The third-order valence-corrected chi connectivity index (χ3v) is 9.16. The lowest BCUT2D eigenvalue weighted by atomic mass is 9.50. The van der Waals surface area contributed by atoms with Crippen molar-refractivity contribution in [2.24, 2.45) is 28.6 Å². The minimum absolute atomic E-state index is 0.121. The maximum absolute atomic E-state index is 13.3. The van der Waals surface area contributed by atoms with Gasteiger partial charge in [0.15, 0.2) is 11.6 Å². The number of carbonyl (C=O) groups excluding carboxylic acids is 2. The van der Waals surface area contributed by atoms with E-state index in [9.17, 15) is 14.7 Å². The van der Waals surface area contributed by atoms with Gasteiger partial charge < -0.3 is 19.5 Å². The second kappa shape index (κ2) is 6.38. The minimum Gasteiger partial charge on any atom is -0.469 e. The van der Waals surface area contributed by atoms with Crippen molar-refractivity contribution in [2.45, 2.75) is 57.7 Å². The highest BCUT2D eigenvalue weighted by atomic mass is 16.6. The number of ketones is 1. The molecule has 0 unspecified atom stereocenters. The fraction of sp³-hybridized carbons (Fsp3) is 0.826. The van der Waals surface area contributed by atoms with Crippen molar-refractivity contribution in [1.29, 1.82) is 0 Å². The average Bonchev–Trinajstić information content (AvgIpc) is 3.26. The highest BCUT2D eigenvalue weighted by molar-refractivity contribution is 5.98. The smallest absolute Gasteiger partial charge is 0.309 e. The summed E-state index contributed by atoms with van der Waals surface area (Å²) in [4.78, 5) is 28.4. The Bertz CT molecular complexity index is 780. The van der Waals surface area contributed by atoms with Crippen LogP contribution in [0.5, 0.6) is 0 Å². The lowest BCUT2D eigenvalue weighted by molar-refractivity contribution is -0.283. The lowest BCUT2D eigenvalue weighted by Gasteiger charge is -2.61. The number of likely N-dealkylation sites (tertiary alicyclic amines) is 1. The van der Waals surface area contributed by atoms with E-state index in [0.717, 1.165) is 44.3 Å². The van der Waals surface area contributed by atoms with Gasteiger partial charge in [-0.3, -0.25) is 9.59 Å². The molecular formula is C23H33NO5. The zero-order valence-electron chi connectivity index (χ0n) is 17.8. The largest absolute Gasteiger partial charge is 0.469 e. The van der Waals surface area contributed by atoms with E-state index in [1.54, 1.807) is 0 Å². The molecular weight excluding hydrogens is 370 g/mol. The van der Waals surface area contributed by atoms with Crippen molar-refractivity contribution in [1.82, 2.24) is 4.90 Å². The Kier molecular flexibility index (Phi) is 4.34. The van der Waals surface area contributed by atoms with Gasteiger partial charge in [0.25, 0.3) is 0 Å². The maximum atomic E-state index is 13.3. The van der Waals surface area contributed by atoms with Gasteiger partial charge in [-0.1, -0.05) is 12.5 Å². The fourth-order valence-corrected chi connectivity index (χ4v) is 7.82. The van der Waals surface area contributed by atoms with E-state index >= 15 is 0 Å². The molecule has 2 saturated heterocycles. The third-order valence-electron chi connectivity index (χ3n) is 9.16. The number of rotatable bonds is 2. The second-order valence-electron chi connectivity index (χ2n) is 10.2. The number of nitrogens with zero attached hydrogens (tertiary/aromatic N) is 1. The van der Waals surface area contributed by atoms with Crippen molar-refractivity contribution < 1.29 is 24.2 Å². The molecule has 2 spiro atoms. The summed E-state index contributed by atoms with van der Waals surface area (Å²) in [5.41, 5.74) is 1.84. The number of hydrogen-bond donors (Lipinski definition) is 1.